The third-order valence-electron chi connectivity index (χ3n) is 4.29. The zero-order chi connectivity index (χ0) is 14.0. The van der Waals surface area contributed by atoms with Crippen molar-refractivity contribution in [2.45, 2.75) is 43.8 Å². The van der Waals surface area contributed by atoms with Gasteiger partial charge in [0.15, 0.2) is 5.82 Å². The first-order valence-corrected chi connectivity index (χ1v) is 8.55. The van der Waals surface area contributed by atoms with Crippen molar-refractivity contribution in [2.75, 3.05) is 18.1 Å². The van der Waals surface area contributed by atoms with Gasteiger partial charge in [0.1, 0.15) is 5.52 Å². The second-order valence-corrected chi connectivity index (χ2v) is 6.97. The first-order valence-electron chi connectivity index (χ1n) is 7.32. The summed E-state index contributed by atoms with van der Waals surface area (Å²) in [5, 5.41) is 8.01. The van der Waals surface area contributed by atoms with Crippen molar-refractivity contribution in [1.82, 2.24) is 14.6 Å². The van der Waals surface area contributed by atoms with E-state index in [-0.39, 0.29) is 0 Å². The number of aryl methyl sites for hydroxylation is 1. The van der Waals surface area contributed by atoms with E-state index < -0.39 is 0 Å². The Balaban J connectivity index is 1.79. The normalized spacial score (nSPS) is 18.3. The van der Waals surface area contributed by atoms with Crippen molar-refractivity contribution in [1.29, 1.82) is 0 Å². The quantitative estimate of drug-likeness (QED) is 0.935. The molecule has 5 heteroatoms. The lowest BCUT2D eigenvalue weighted by Gasteiger charge is -2.36. The first-order chi connectivity index (χ1) is 9.72. The molecule has 20 heavy (non-hydrogen) atoms. The first kappa shape index (κ1) is 13.7. The third kappa shape index (κ3) is 2.64. The van der Waals surface area contributed by atoms with E-state index in [1.165, 1.54) is 32.1 Å². The van der Waals surface area contributed by atoms with Crippen molar-refractivity contribution in [3.63, 3.8) is 0 Å². The topological polar surface area (TPSA) is 42.2 Å². The molecule has 4 nitrogen and oxygen atoms in total. The molecule has 1 aliphatic carbocycles. The van der Waals surface area contributed by atoms with Crippen LogP contribution in [0.4, 0.5) is 5.82 Å². The van der Waals surface area contributed by atoms with Gasteiger partial charge >= 0.3 is 0 Å². The minimum Gasteiger partial charge on any atom is -0.367 e. The maximum Gasteiger partial charge on any atom is 0.152 e. The smallest absolute Gasteiger partial charge is 0.152 e. The molecule has 0 aromatic carbocycles. The molecular weight excluding hydrogens is 268 g/mol. The second kappa shape index (κ2) is 5.64. The second-order valence-electron chi connectivity index (χ2n) is 5.69. The largest absolute Gasteiger partial charge is 0.367 e. The van der Waals surface area contributed by atoms with Gasteiger partial charge in [0, 0.05) is 23.7 Å². The molecule has 0 spiro atoms. The number of hydrogen-bond donors (Lipinski definition) is 1. The summed E-state index contributed by atoms with van der Waals surface area (Å²) in [6.07, 6.45) is 12.7. The number of hydrogen-bond acceptors (Lipinski definition) is 4. The van der Waals surface area contributed by atoms with E-state index in [1.54, 1.807) is 0 Å². The number of aromatic nitrogens is 3. The van der Waals surface area contributed by atoms with Gasteiger partial charge in [-0.05, 0) is 32.1 Å². The zero-order valence-corrected chi connectivity index (χ0v) is 13.0. The highest BCUT2D eigenvalue weighted by Crippen LogP contribution is 2.38. The fourth-order valence-electron chi connectivity index (χ4n) is 3.07. The molecule has 1 N–H and O–H groups in total. The van der Waals surface area contributed by atoms with E-state index in [4.69, 9.17) is 0 Å². The Morgan fingerprint density at radius 3 is 2.90 bits per heavy atom. The van der Waals surface area contributed by atoms with Crippen molar-refractivity contribution >= 4 is 23.1 Å². The Kier molecular flexibility index (Phi) is 3.87. The number of fused-ring (bicyclic) bond motifs is 1. The highest BCUT2D eigenvalue weighted by atomic mass is 32.2. The maximum atomic E-state index is 4.49. The molecule has 0 saturated heterocycles. The molecule has 2 aromatic rings. The standard InChI is InChI=1S/C15H22N4S/c1-12-10-13-14(16-8-9-19(13)18-12)17-11-15(20-2)6-4-3-5-7-15/h8-10H,3-7,11H2,1-2H3,(H,16,17). The van der Waals surface area contributed by atoms with E-state index in [0.29, 0.717) is 4.75 Å². The summed E-state index contributed by atoms with van der Waals surface area (Å²) in [6.45, 7) is 3.01. The molecule has 0 bridgehead atoms. The highest BCUT2D eigenvalue weighted by Gasteiger charge is 2.31. The van der Waals surface area contributed by atoms with Gasteiger partial charge in [-0.1, -0.05) is 19.3 Å². The van der Waals surface area contributed by atoms with Crippen LogP contribution >= 0.6 is 11.8 Å². The summed E-state index contributed by atoms with van der Waals surface area (Å²) in [4.78, 5) is 4.49. The Morgan fingerprint density at radius 1 is 1.35 bits per heavy atom. The van der Waals surface area contributed by atoms with Gasteiger partial charge in [-0.3, -0.25) is 0 Å². The van der Waals surface area contributed by atoms with Crippen LogP contribution in [0, 0.1) is 6.92 Å². The molecule has 0 atom stereocenters. The predicted molar refractivity (Wildman–Crippen MR) is 85.5 cm³/mol. The summed E-state index contributed by atoms with van der Waals surface area (Å²) >= 11 is 2.01. The van der Waals surface area contributed by atoms with Crippen LogP contribution < -0.4 is 5.32 Å². The SMILES string of the molecule is CSC1(CNc2nccn3nc(C)cc23)CCCCC1. The minimum atomic E-state index is 0.377. The Bertz CT molecular complexity index is 587. The van der Waals surface area contributed by atoms with Crippen LogP contribution in [0.25, 0.3) is 5.52 Å². The molecule has 1 aliphatic rings. The molecule has 1 fully saturated rings. The summed E-state index contributed by atoms with van der Waals surface area (Å²) in [5.41, 5.74) is 2.09. The van der Waals surface area contributed by atoms with Crippen molar-refractivity contribution in [2.24, 2.45) is 0 Å². The van der Waals surface area contributed by atoms with Crippen LogP contribution in [0.1, 0.15) is 37.8 Å². The molecule has 3 rings (SSSR count). The minimum absolute atomic E-state index is 0.377. The van der Waals surface area contributed by atoms with Crippen LogP contribution in [-0.4, -0.2) is 32.1 Å². The van der Waals surface area contributed by atoms with Crippen molar-refractivity contribution in [3.05, 3.63) is 24.2 Å². The predicted octanol–water partition coefficient (Wildman–Crippen LogP) is 3.52. The number of anilines is 1. The fourth-order valence-corrected chi connectivity index (χ4v) is 3.99. The van der Waals surface area contributed by atoms with Crippen LogP contribution in [-0.2, 0) is 0 Å². The monoisotopic (exact) mass is 290 g/mol. The van der Waals surface area contributed by atoms with Gasteiger partial charge in [0.25, 0.3) is 0 Å². The van der Waals surface area contributed by atoms with E-state index in [0.717, 1.165) is 23.6 Å². The van der Waals surface area contributed by atoms with Crippen LogP contribution in [0.5, 0.6) is 0 Å². The summed E-state index contributed by atoms with van der Waals surface area (Å²) in [5.74, 6) is 0.951. The van der Waals surface area contributed by atoms with Crippen molar-refractivity contribution in [3.8, 4) is 0 Å². The number of thioether (sulfide) groups is 1. The molecule has 0 radical (unpaired) electrons. The highest BCUT2D eigenvalue weighted by molar-refractivity contribution is 8.00. The van der Waals surface area contributed by atoms with E-state index in [1.807, 2.05) is 35.6 Å². The third-order valence-corrected chi connectivity index (χ3v) is 5.71. The lowest BCUT2D eigenvalue weighted by atomic mass is 9.88. The zero-order valence-electron chi connectivity index (χ0n) is 12.2. The van der Waals surface area contributed by atoms with Crippen LogP contribution in [0.15, 0.2) is 18.5 Å². The molecular formula is C15H22N4S. The molecule has 1 saturated carbocycles. The van der Waals surface area contributed by atoms with Gasteiger partial charge in [-0.15, -0.1) is 0 Å². The van der Waals surface area contributed by atoms with Gasteiger partial charge in [-0.25, -0.2) is 9.50 Å². The molecule has 2 heterocycles. The van der Waals surface area contributed by atoms with E-state index >= 15 is 0 Å². The Hall–Kier alpha value is -1.23. The summed E-state index contributed by atoms with van der Waals surface area (Å²) in [7, 11) is 0. The Morgan fingerprint density at radius 2 is 2.15 bits per heavy atom. The molecule has 2 aromatic heterocycles. The number of nitrogens with zero attached hydrogens (tertiary/aromatic N) is 3. The summed E-state index contributed by atoms with van der Waals surface area (Å²) < 4.78 is 2.28. The maximum absolute atomic E-state index is 4.49. The van der Waals surface area contributed by atoms with Gasteiger partial charge in [-0.2, -0.15) is 16.9 Å². The van der Waals surface area contributed by atoms with Crippen molar-refractivity contribution < 1.29 is 0 Å². The summed E-state index contributed by atoms with van der Waals surface area (Å²) in [6, 6.07) is 2.09. The molecule has 0 aliphatic heterocycles. The van der Waals surface area contributed by atoms with Crippen LogP contribution in [0.2, 0.25) is 0 Å². The van der Waals surface area contributed by atoms with Crippen LogP contribution in [0.3, 0.4) is 0 Å². The van der Waals surface area contributed by atoms with Gasteiger partial charge in [0.05, 0.1) is 5.69 Å². The average molecular weight is 290 g/mol. The van der Waals surface area contributed by atoms with E-state index in [2.05, 4.69) is 27.7 Å². The lowest BCUT2D eigenvalue weighted by Crippen LogP contribution is -2.35. The molecule has 108 valence electrons. The Labute approximate surface area is 124 Å². The number of rotatable bonds is 4. The molecule has 0 unspecified atom stereocenters. The molecule has 0 amide bonds. The lowest BCUT2D eigenvalue weighted by molar-refractivity contribution is 0.411. The number of nitrogens with one attached hydrogen (secondary N) is 1. The fraction of sp³-hybridized carbons (Fsp3) is 0.600. The van der Waals surface area contributed by atoms with Gasteiger partial charge in [0.2, 0.25) is 0 Å². The average Bonchev–Trinajstić information content (AvgIpc) is 2.87. The van der Waals surface area contributed by atoms with Gasteiger partial charge < -0.3 is 5.32 Å². The van der Waals surface area contributed by atoms with E-state index in [9.17, 15) is 0 Å².